The maximum absolute atomic E-state index is 14.2. The van der Waals surface area contributed by atoms with E-state index in [0.29, 0.717) is 27.5 Å². The summed E-state index contributed by atoms with van der Waals surface area (Å²) < 4.78 is 45.6. The number of methoxy groups -OCH3 is 1. The summed E-state index contributed by atoms with van der Waals surface area (Å²) in [6.07, 6.45) is 0.839. The van der Waals surface area contributed by atoms with E-state index in [4.69, 9.17) is 19.6 Å². The summed E-state index contributed by atoms with van der Waals surface area (Å²) in [5.41, 5.74) is 2.12. The van der Waals surface area contributed by atoms with E-state index in [-0.39, 0.29) is 59.4 Å². The third-order valence-electron chi connectivity index (χ3n) is 7.52. The number of esters is 1. The number of para-hydroxylation sites is 1. The van der Waals surface area contributed by atoms with E-state index in [1.807, 2.05) is 0 Å². The van der Waals surface area contributed by atoms with Crippen LogP contribution >= 0.6 is 0 Å². The average molecular weight is 687 g/mol. The number of hydrogen-bond donors (Lipinski definition) is 2. The Kier molecular flexibility index (Phi) is 10.6. The molecule has 0 saturated heterocycles. The lowest BCUT2D eigenvalue weighted by Crippen LogP contribution is -2.37. The number of carbonyl (C=O) groups excluding carboxylic acids is 2. The number of amides is 1. The molecular weight excluding hydrogens is 652 g/mol. The fraction of sp³-hybridized carbons (Fsp3) is 0.235. The number of hydrogen-bond acceptors (Lipinski definition) is 11. The van der Waals surface area contributed by atoms with Gasteiger partial charge in [0.05, 0.1) is 35.5 Å². The van der Waals surface area contributed by atoms with Crippen molar-refractivity contribution in [3.05, 3.63) is 106 Å². The summed E-state index contributed by atoms with van der Waals surface area (Å²) in [6, 6.07) is 19.5. The normalized spacial score (nSPS) is 11.3. The smallest absolute Gasteiger partial charge is 0.412 e. The second-order valence-corrected chi connectivity index (χ2v) is 12.6. The molecule has 14 nitrogen and oxygen atoms in total. The van der Waals surface area contributed by atoms with Gasteiger partial charge in [0, 0.05) is 37.7 Å². The Morgan fingerprint density at radius 1 is 1.00 bits per heavy atom. The molecule has 0 saturated carbocycles. The van der Waals surface area contributed by atoms with Crippen LogP contribution < -0.4 is 15.2 Å². The summed E-state index contributed by atoms with van der Waals surface area (Å²) in [5.74, 6) is -0.911. The highest BCUT2D eigenvalue weighted by Gasteiger charge is 2.30. The summed E-state index contributed by atoms with van der Waals surface area (Å²) in [7, 11) is -1.28. The summed E-state index contributed by atoms with van der Waals surface area (Å²) in [6.45, 7) is 1.36. The van der Waals surface area contributed by atoms with Crippen molar-refractivity contribution >= 4 is 55.5 Å². The zero-order valence-corrected chi connectivity index (χ0v) is 27.8. The van der Waals surface area contributed by atoms with E-state index < -0.39 is 28.6 Å². The van der Waals surface area contributed by atoms with Gasteiger partial charge in [-0.3, -0.25) is 29.6 Å². The quantitative estimate of drug-likeness (QED) is 0.0852. The van der Waals surface area contributed by atoms with Crippen LogP contribution in [-0.2, 0) is 42.5 Å². The minimum absolute atomic E-state index is 0.0463. The van der Waals surface area contributed by atoms with E-state index in [1.165, 1.54) is 36.1 Å². The van der Waals surface area contributed by atoms with Crippen LogP contribution in [-0.4, -0.2) is 74.3 Å². The number of aryl methyl sites for hydroxylation is 1. The number of sulfonamides is 1. The van der Waals surface area contributed by atoms with Crippen LogP contribution in [0.15, 0.2) is 88.7 Å². The molecule has 15 heteroatoms. The highest BCUT2D eigenvalue weighted by molar-refractivity contribution is 7.93. The Bertz CT molecular complexity index is 2200. The van der Waals surface area contributed by atoms with Gasteiger partial charge in [0.1, 0.15) is 29.6 Å². The Balaban J connectivity index is 1.47. The van der Waals surface area contributed by atoms with Gasteiger partial charge in [0.15, 0.2) is 0 Å². The molecule has 0 aliphatic carbocycles. The van der Waals surface area contributed by atoms with Crippen molar-refractivity contribution in [1.82, 2.24) is 19.9 Å². The van der Waals surface area contributed by atoms with Gasteiger partial charge >= 0.3 is 12.1 Å². The summed E-state index contributed by atoms with van der Waals surface area (Å²) in [5, 5.41) is 11.1. The lowest BCUT2D eigenvalue weighted by molar-refractivity contribution is -0.141. The molecule has 3 aromatic carbocycles. The number of aromatic nitrogens is 3. The maximum Gasteiger partial charge on any atom is 0.412 e. The lowest BCUT2D eigenvalue weighted by atomic mass is 10.1. The van der Waals surface area contributed by atoms with Crippen molar-refractivity contribution in [1.29, 1.82) is 5.41 Å². The third-order valence-corrected chi connectivity index (χ3v) is 9.32. The van der Waals surface area contributed by atoms with Crippen LogP contribution in [0.3, 0.4) is 0 Å². The van der Waals surface area contributed by atoms with Crippen molar-refractivity contribution in [3.8, 4) is 0 Å². The molecule has 1 amide bonds. The van der Waals surface area contributed by atoms with Gasteiger partial charge in [-0.1, -0.05) is 42.5 Å². The first-order valence-corrected chi connectivity index (χ1v) is 16.6. The molecule has 254 valence electrons. The van der Waals surface area contributed by atoms with Crippen molar-refractivity contribution in [2.75, 3.05) is 37.8 Å². The van der Waals surface area contributed by atoms with Gasteiger partial charge in [-0.25, -0.2) is 18.2 Å². The summed E-state index contributed by atoms with van der Waals surface area (Å²) >= 11 is 0. The standard InChI is InChI=1S/C34H34N6O8S/c1-4-47-30(41)21-40(49(44,45)29-9-5-7-23-8-6-16-36-31(23)29)25-14-15-28-26(20-25)37-27(33(42)39(28)2)19-22-10-12-24(13-11-22)32(35)38-34(43)48-18-17-46-3/h5-16,20H,4,17-19,21H2,1-3H3,(H2,35,38,43). The van der Waals surface area contributed by atoms with Gasteiger partial charge in [-0.05, 0) is 42.8 Å². The zero-order valence-electron chi connectivity index (χ0n) is 27.0. The number of alkyl carbamates (subject to hydrolysis) is 1. The molecular formula is C34H34N6O8S. The molecule has 0 aliphatic heterocycles. The Labute approximate surface area is 281 Å². The van der Waals surface area contributed by atoms with Gasteiger partial charge in [-0.15, -0.1) is 0 Å². The van der Waals surface area contributed by atoms with Crippen LogP contribution in [0.2, 0.25) is 0 Å². The van der Waals surface area contributed by atoms with Gasteiger partial charge in [0.2, 0.25) is 0 Å². The van der Waals surface area contributed by atoms with E-state index in [1.54, 1.807) is 68.6 Å². The number of nitrogens with zero attached hydrogens (tertiary/aromatic N) is 4. The maximum atomic E-state index is 14.2. The molecule has 0 unspecified atom stereocenters. The SMILES string of the molecule is CCOC(=O)CN(c1ccc2c(c1)nc(Cc1ccc(C(=N)NC(=O)OCCOC)cc1)c(=O)n2C)S(=O)(=O)c1cccc2cccnc12. The average Bonchev–Trinajstić information content (AvgIpc) is 3.09. The monoisotopic (exact) mass is 686 g/mol. The number of nitrogens with one attached hydrogen (secondary N) is 2. The molecule has 5 rings (SSSR count). The Hall–Kier alpha value is -5.67. The molecule has 5 aromatic rings. The predicted octanol–water partition coefficient (Wildman–Crippen LogP) is 3.53. The molecule has 2 aromatic heterocycles. The highest BCUT2D eigenvalue weighted by Crippen LogP contribution is 2.30. The van der Waals surface area contributed by atoms with E-state index in [0.717, 1.165) is 4.31 Å². The van der Waals surface area contributed by atoms with Gasteiger partial charge in [-0.2, -0.15) is 0 Å². The number of amidine groups is 1. The molecule has 0 fully saturated rings. The minimum atomic E-state index is -4.35. The molecule has 0 atom stereocenters. The number of anilines is 1. The minimum Gasteiger partial charge on any atom is -0.465 e. The predicted molar refractivity (Wildman–Crippen MR) is 182 cm³/mol. The number of carbonyl (C=O) groups is 2. The van der Waals surface area contributed by atoms with Crippen molar-refractivity contribution in [2.45, 2.75) is 18.2 Å². The van der Waals surface area contributed by atoms with E-state index in [2.05, 4.69) is 15.3 Å². The van der Waals surface area contributed by atoms with Crippen LogP contribution in [0.1, 0.15) is 23.7 Å². The summed E-state index contributed by atoms with van der Waals surface area (Å²) in [4.78, 5) is 46.7. The Morgan fingerprint density at radius 3 is 2.49 bits per heavy atom. The topological polar surface area (TPSA) is 183 Å². The zero-order chi connectivity index (χ0) is 35.1. The van der Waals surface area contributed by atoms with E-state index >= 15 is 0 Å². The first-order chi connectivity index (χ1) is 23.5. The fourth-order valence-corrected chi connectivity index (χ4v) is 6.67. The molecule has 0 bridgehead atoms. The number of ether oxygens (including phenoxy) is 3. The van der Waals surface area contributed by atoms with Gasteiger partial charge in [0.25, 0.3) is 15.6 Å². The van der Waals surface area contributed by atoms with E-state index in [9.17, 15) is 22.8 Å². The molecule has 0 spiro atoms. The molecule has 0 aliphatic rings. The van der Waals surface area contributed by atoms with Crippen molar-refractivity contribution in [2.24, 2.45) is 7.05 Å². The first-order valence-electron chi connectivity index (χ1n) is 15.2. The second kappa shape index (κ2) is 15.0. The lowest BCUT2D eigenvalue weighted by Gasteiger charge is -2.24. The van der Waals surface area contributed by atoms with Gasteiger partial charge < -0.3 is 18.8 Å². The van der Waals surface area contributed by atoms with Crippen LogP contribution in [0.5, 0.6) is 0 Å². The molecule has 2 N–H and O–H groups in total. The fourth-order valence-electron chi connectivity index (χ4n) is 5.10. The van der Waals surface area contributed by atoms with Crippen LogP contribution in [0.25, 0.3) is 21.9 Å². The number of rotatable bonds is 12. The molecule has 2 heterocycles. The Morgan fingerprint density at radius 2 is 1.76 bits per heavy atom. The largest absolute Gasteiger partial charge is 0.465 e. The number of fused-ring (bicyclic) bond motifs is 2. The third kappa shape index (κ3) is 7.74. The van der Waals surface area contributed by atoms with Crippen LogP contribution in [0, 0.1) is 5.41 Å². The highest BCUT2D eigenvalue weighted by atomic mass is 32.2. The molecule has 49 heavy (non-hydrogen) atoms. The first kappa shape index (κ1) is 34.7. The number of benzene rings is 3. The van der Waals surface area contributed by atoms with Crippen LogP contribution in [0.4, 0.5) is 10.5 Å². The second-order valence-electron chi connectivity index (χ2n) is 10.7. The number of pyridine rings is 1. The molecule has 0 radical (unpaired) electrons. The van der Waals surface area contributed by atoms with Crippen molar-refractivity contribution in [3.63, 3.8) is 0 Å². The van der Waals surface area contributed by atoms with Crippen molar-refractivity contribution < 1.29 is 32.2 Å².